The number of hydrogen-bond acceptors (Lipinski definition) is 3. The molecule has 0 unspecified atom stereocenters. The summed E-state index contributed by atoms with van der Waals surface area (Å²) < 4.78 is 0. The minimum atomic E-state index is 0.278. The molecule has 1 aliphatic heterocycles. The van der Waals surface area contributed by atoms with E-state index in [9.17, 15) is 5.11 Å². The summed E-state index contributed by atoms with van der Waals surface area (Å²) in [5.41, 5.74) is 4.42. The van der Waals surface area contributed by atoms with Gasteiger partial charge in [0.1, 0.15) is 5.75 Å². The average molecular weight is 300 g/mol. The molecule has 22 heavy (non-hydrogen) atoms. The van der Waals surface area contributed by atoms with Crippen molar-refractivity contribution in [1.29, 1.82) is 0 Å². The van der Waals surface area contributed by atoms with Crippen molar-refractivity contribution in [2.24, 2.45) is 5.41 Å². The Morgan fingerprint density at radius 1 is 1.23 bits per heavy atom. The lowest BCUT2D eigenvalue weighted by Gasteiger charge is -2.65. The number of piperidine rings is 1. The maximum absolute atomic E-state index is 10.4. The third-order valence-electron chi connectivity index (χ3n) is 7.22. The van der Waals surface area contributed by atoms with Crippen LogP contribution in [0.4, 0.5) is 5.69 Å². The number of likely N-dealkylation sites (tertiary alicyclic amines) is 1. The predicted molar refractivity (Wildman–Crippen MR) is 90.6 cm³/mol. The minimum absolute atomic E-state index is 0.278. The molecule has 2 N–H and O–H groups in total. The molecule has 2 bridgehead atoms. The van der Waals surface area contributed by atoms with E-state index in [1.165, 1.54) is 49.8 Å². The Kier molecular flexibility index (Phi) is 3.03. The van der Waals surface area contributed by atoms with Gasteiger partial charge in [-0.3, -0.25) is 0 Å². The zero-order valence-electron chi connectivity index (χ0n) is 14.1. The molecule has 1 aromatic rings. The molecule has 2 aliphatic carbocycles. The number of anilines is 1. The SMILES string of the molecule is CNc1cc2c(cc1O)[C@]13CCCC[C@]1(C)[C@H](C2)N(C)CC3. The maximum Gasteiger partial charge on any atom is 0.138 e. The van der Waals surface area contributed by atoms with Gasteiger partial charge in [0.2, 0.25) is 0 Å². The lowest BCUT2D eigenvalue weighted by atomic mass is 9.45. The van der Waals surface area contributed by atoms with Crippen LogP contribution in [0.3, 0.4) is 0 Å². The Balaban J connectivity index is 1.95. The van der Waals surface area contributed by atoms with Gasteiger partial charge >= 0.3 is 0 Å². The molecule has 1 saturated carbocycles. The normalized spacial score (nSPS) is 37.3. The number of benzene rings is 1. The van der Waals surface area contributed by atoms with Gasteiger partial charge < -0.3 is 15.3 Å². The molecule has 3 heteroatoms. The zero-order valence-corrected chi connectivity index (χ0v) is 14.1. The van der Waals surface area contributed by atoms with E-state index in [2.05, 4.69) is 36.3 Å². The Labute approximate surface area is 133 Å². The first kappa shape index (κ1) is 14.4. The fraction of sp³-hybridized carbons (Fsp3) is 0.684. The van der Waals surface area contributed by atoms with Crippen molar-refractivity contribution < 1.29 is 5.11 Å². The highest BCUT2D eigenvalue weighted by molar-refractivity contribution is 5.62. The van der Waals surface area contributed by atoms with E-state index >= 15 is 0 Å². The number of nitrogens with zero attached hydrogens (tertiary/aromatic N) is 1. The van der Waals surface area contributed by atoms with Gasteiger partial charge in [0.05, 0.1) is 5.69 Å². The molecule has 0 radical (unpaired) electrons. The summed E-state index contributed by atoms with van der Waals surface area (Å²) in [5, 5.41) is 13.6. The third kappa shape index (κ3) is 1.61. The van der Waals surface area contributed by atoms with E-state index in [1.807, 2.05) is 7.05 Å². The standard InChI is InChI=1S/C19H28N2O/c1-18-6-4-5-7-19(18)8-9-21(3)17(18)11-13-10-15(20-2)16(22)12-14(13)19/h10,12,17,20,22H,4-9,11H2,1-3H3/t17-,18+,19+/m0/s1. The van der Waals surface area contributed by atoms with E-state index in [-0.39, 0.29) is 5.41 Å². The molecule has 2 fully saturated rings. The van der Waals surface area contributed by atoms with Crippen LogP contribution in [0, 0.1) is 5.41 Å². The lowest BCUT2D eigenvalue weighted by molar-refractivity contribution is -0.0735. The van der Waals surface area contributed by atoms with Gasteiger partial charge in [0, 0.05) is 18.5 Å². The summed E-state index contributed by atoms with van der Waals surface area (Å²) in [4.78, 5) is 2.60. The number of likely N-dealkylation sites (N-methyl/N-ethyl adjacent to an activating group) is 1. The molecule has 3 atom stereocenters. The van der Waals surface area contributed by atoms with Crippen LogP contribution in [-0.4, -0.2) is 36.7 Å². The number of rotatable bonds is 1. The van der Waals surface area contributed by atoms with Gasteiger partial charge in [-0.05, 0) is 68.0 Å². The highest BCUT2D eigenvalue weighted by Gasteiger charge is 2.60. The quantitative estimate of drug-likeness (QED) is 0.779. The van der Waals surface area contributed by atoms with Gasteiger partial charge in [-0.25, -0.2) is 0 Å². The van der Waals surface area contributed by atoms with Crippen LogP contribution in [0.1, 0.15) is 50.2 Å². The Hall–Kier alpha value is -1.22. The van der Waals surface area contributed by atoms with Crippen LogP contribution in [0.5, 0.6) is 5.75 Å². The van der Waals surface area contributed by atoms with Crippen molar-refractivity contribution in [3.8, 4) is 5.75 Å². The van der Waals surface area contributed by atoms with E-state index in [0.29, 0.717) is 17.2 Å². The van der Waals surface area contributed by atoms with E-state index in [1.54, 1.807) is 0 Å². The fourth-order valence-corrected chi connectivity index (χ4v) is 5.96. The van der Waals surface area contributed by atoms with Crippen molar-refractivity contribution in [3.63, 3.8) is 0 Å². The van der Waals surface area contributed by atoms with Crippen molar-refractivity contribution in [2.45, 2.75) is 56.9 Å². The van der Waals surface area contributed by atoms with Crippen LogP contribution < -0.4 is 5.32 Å². The van der Waals surface area contributed by atoms with Gasteiger partial charge in [0.15, 0.2) is 0 Å². The number of phenolic OH excluding ortho intramolecular Hbond substituents is 1. The van der Waals surface area contributed by atoms with E-state index < -0.39 is 0 Å². The van der Waals surface area contributed by atoms with Crippen LogP contribution >= 0.6 is 0 Å². The number of hydrogen-bond donors (Lipinski definition) is 2. The van der Waals surface area contributed by atoms with Gasteiger partial charge in [-0.1, -0.05) is 19.8 Å². The molecular formula is C19H28N2O. The van der Waals surface area contributed by atoms with Crippen LogP contribution in [0.25, 0.3) is 0 Å². The highest BCUT2D eigenvalue weighted by atomic mass is 16.3. The molecule has 4 rings (SSSR count). The minimum Gasteiger partial charge on any atom is -0.506 e. The van der Waals surface area contributed by atoms with Crippen LogP contribution in [0.15, 0.2) is 12.1 Å². The van der Waals surface area contributed by atoms with Crippen molar-refractivity contribution >= 4 is 5.69 Å². The summed E-state index contributed by atoms with van der Waals surface area (Å²) in [5.74, 6) is 0.418. The predicted octanol–water partition coefficient (Wildman–Crippen LogP) is 3.51. The third-order valence-corrected chi connectivity index (χ3v) is 7.22. The zero-order chi connectivity index (χ0) is 15.5. The first-order valence-corrected chi connectivity index (χ1v) is 8.76. The second kappa shape index (κ2) is 4.64. The molecular weight excluding hydrogens is 272 g/mol. The average Bonchev–Trinajstić information content (AvgIpc) is 2.51. The summed E-state index contributed by atoms with van der Waals surface area (Å²) in [6.45, 7) is 3.71. The topological polar surface area (TPSA) is 35.5 Å². The Morgan fingerprint density at radius 2 is 2.00 bits per heavy atom. The molecule has 0 spiro atoms. The van der Waals surface area contributed by atoms with Crippen LogP contribution in [0.2, 0.25) is 0 Å². The fourth-order valence-electron chi connectivity index (χ4n) is 5.96. The molecule has 3 nitrogen and oxygen atoms in total. The molecule has 0 amide bonds. The molecule has 3 aliphatic rings. The van der Waals surface area contributed by atoms with Crippen LogP contribution in [-0.2, 0) is 11.8 Å². The number of aromatic hydroxyl groups is 1. The summed E-state index contributed by atoms with van der Waals surface area (Å²) in [7, 11) is 4.19. The molecule has 1 saturated heterocycles. The molecule has 120 valence electrons. The molecule has 1 heterocycles. The summed E-state index contributed by atoms with van der Waals surface area (Å²) >= 11 is 0. The second-order valence-electron chi connectivity index (χ2n) is 7.93. The van der Waals surface area contributed by atoms with Gasteiger partial charge in [0.25, 0.3) is 0 Å². The maximum atomic E-state index is 10.4. The molecule has 0 aromatic heterocycles. The van der Waals surface area contributed by atoms with Gasteiger partial charge in [-0.15, -0.1) is 0 Å². The number of nitrogens with one attached hydrogen (secondary N) is 1. The molecule has 1 aromatic carbocycles. The summed E-state index contributed by atoms with van der Waals surface area (Å²) in [6.07, 6.45) is 7.68. The first-order valence-electron chi connectivity index (χ1n) is 8.76. The summed E-state index contributed by atoms with van der Waals surface area (Å²) in [6, 6.07) is 4.93. The Bertz CT molecular complexity index is 614. The van der Waals surface area contributed by atoms with Crippen molar-refractivity contribution in [1.82, 2.24) is 4.90 Å². The number of phenols is 1. The second-order valence-corrected chi connectivity index (χ2v) is 7.93. The van der Waals surface area contributed by atoms with Crippen molar-refractivity contribution in [2.75, 3.05) is 26.0 Å². The lowest BCUT2D eigenvalue weighted by Crippen LogP contribution is -2.66. The van der Waals surface area contributed by atoms with Gasteiger partial charge in [-0.2, -0.15) is 0 Å². The first-order chi connectivity index (χ1) is 10.5. The highest BCUT2D eigenvalue weighted by Crippen LogP contribution is 2.63. The number of fused-ring (bicyclic) bond motifs is 1. The van der Waals surface area contributed by atoms with Crippen molar-refractivity contribution in [3.05, 3.63) is 23.3 Å². The smallest absolute Gasteiger partial charge is 0.138 e. The van der Waals surface area contributed by atoms with E-state index in [0.717, 1.165) is 12.1 Å². The largest absolute Gasteiger partial charge is 0.506 e. The van der Waals surface area contributed by atoms with E-state index in [4.69, 9.17) is 0 Å². The Morgan fingerprint density at radius 3 is 2.77 bits per heavy atom. The monoisotopic (exact) mass is 300 g/mol.